The first-order valence-electron chi connectivity index (χ1n) is 10.3. The molecule has 0 spiro atoms. The van der Waals surface area contributed by atoms with E-state index in [1.54, 1.807) is 24.8 Å². The number of ether oxygens (including phenoxy) is 1. The van der Waals surface area contributed by atoms with Gasteiger partial charge in [0, 0.05) is 37.6 Å². The molecule has 0 bridgehead atoms. The Morgan fingerprint density at radius 3 is 2.42 bits per heavy atom. The predicted molar refractivity (Wildman–Crippen MR) is 123 cm³/mol. The van der Waals surface area contributed by atoms with Gasteiger partial charge >= 0.3 is 0 Å². The number of rotatable bonds is 5. The summed E-state index contributed by atoms with van der Waals surface area (Å²) in [5.74, 6) is 1.67. The molecule has 1 aliphatic rings. The molecule has 1 aliphatic heterocycles. The summed E-state index contributed by atoms with van der Waals surface area (Å²) in [4.78, 5) is 15.1. The highest BCUT2D eigenvalue weighted by molar-refractivity contribution is 7.22. The van der Waals surface area contributed by atoms with Crippen molar-refractivity contribution < 1.29 is 9.13 Å². The average Bonchev–Trinajstić information content (AvgIpc) is 3.26. The summed E-state index contributed by atoms with van der Waals surface area (Å²) in [6.07, 6.45) is 1.66. The van der Waals surface area contributed by atoms with Crippen LogP contribution in [-0.2, 0) is 6.54 Å². The van der Waals surface area contributed by atoms with Crippen LogP contribution in [0.4, 0.5) is 10.2 Å². The Morgan fingerprint density at radius 1 is 0.968 bits per heavy atom. The molecule has 2 aromatic heterocycles. The van der Waals surface area contributed by atoms with Gasteiger partial charge in [0.25, 0.3) is 0 Å². The Kier molecular flexibility index (Phi) is 5.53. The second-order valence-electron chi connectivity index (χ2n) is 7.64. The van der Waals surface area contributed by atoms with Gasteiger partial charge in [-0.25, -0.2) is 14.4 Å². The number of hydrogen-bond donors (Lipinski definition) is 0. The van der Waals surface area contributed by atoms with Gasteiger partial charge in [-0.1, -0.05) is 12.1 Å². The largest absolute Gasteiger partial charge is 0.497 e. The summed E-state index contributed by atoms with van der Waals surface area (Å²) in [6, 6.07) is 17.0. The van der Waals surface area contributed by atoms with E-state index in [-0.39, 0.29) is 5.82 Å². The second kappa shape index (κ2) is 8.61. The molecule has 7 heteroatoms. The zero-order valence-corrected chi connectivity index (χ0v) is 18.1. The number of anilines is 1. The van der Waals surface area contributed by atoms with Crippen LogP contribution in [0.2, 0.25) is 0 Å². The fraction of sp³-hybridized carbons (Fsp3) is 0.250. The van der Waals surface area contributed by atoms with E-state index < -0.39 is 0 Å². The fourth-order valence-electron chi connectivity index (χ4n) is 3.93. The van der Waals surface area contributed by atoms with E-state index in [2.05, 4.69) is 38.0 Å². The number of benzene rings is 2. The van der Waals surface area contributed by atoms with Crippen molar-refractivity contribution in [2.24, 2.45) is 0 Å². The lowest BCUT2D eigenvalue weighted by Crippen LogP contribution is -2.46. The molecule has 1 saturated heterocycles. The zero-order chi connectivity index (χ0) is 21.2. The van der Waals surface area contributed by atoms with Gasteiger partial charge in [-0.3, -0.25) is 4.90 Å². The number of thiophene rings is 1. The van der Waals surface area contributed by atoms with Crippen molar-refractivity contribution in [2.45, 2.75) is 6.54 Å². The smallest absolute Gasteiger partial charge is 0.150 e. The maximum Gasteiger partial charge on any atom is 0.150 e. The van der Waals surface area contributed by atoms with Crippen LogP contribution in [0, 0.1) is 5.82 Å². The van der Waals surface area contributed by atoms with Crippen LogP contribution in [0.15, 0.2) is 60.9 Å². The highest BCUT2D eigenvalue weighted by Crippen LogP contribution is 2.37. The van der Waals surface area contributed by atoms with Crippen LogP contribution in [0.5, 0.6) is 5.75 Å². The molecule has 0 aliphatic carbocycles. The highest BCUT2D eigenvalue weighted by Gasteiger charge is 2.21. The molecule has 2 aromatic carbocycles. The molecule has 0 N–H and O–H groups in total. The van der Waals surface area contributed by atoms with Crippen LogP contribution in [0.25, 0.3) is 20.7 Å². The average molecular weight is 435 g/mol. The van der Waals surface area contributed by atoms with E-state index >= 15 is 0 Å². The van der Waals surface area contributed by atoms with Gasteiger partial charge in [0.05, 0.1) is 17.3 Å². The lowest BCUT2D eigenvalue weighted by atomic mass is 10.2. The minimum Gasteiger partial charge on any atom is -0.497 e. The Morgan fingerprint density at radius 2 is 1.71 bits per heavy atom. The minimum absolute atomic E-state index is 0.189. The molecule has 1 fully saturated rings. The van der Waals surface area contributed by atoms with Gasteiger partial charge in [0.1, 0.15) is 23.7 Å². The molecule has 0 radical (unpaired) electrons. The standard InChI is InChI=1S/C24H23FN4OS/c1-30-20-8-4-18(5-9-20)22-14-21-23(31-22)24(27-16-26-21)29-12-10-28(11-13-29)15-17-2-6-19(25)7-3-17/h2-9,14,16H,10-13,15H2,1H3. The maximum atomic E-state index is 13.1. The molecule has 5 nitrogen and oxygen atoms in total. The van der Waals surface area contributed by atoms with Crippen molar-refractivity contribution in [3.63, 3.8) is 0 Å². The van der Waals surface area contributed by atoms with Gasteiger partial charge in [0.2, 0.25) is 0 Å². The maximum absolute atomic E-state index is 13.1. The van der Waals surface area contributed by atoms with E-state index in [1.807, 2.05) is 24.3 Å². The molecule has 31 heavy (non-hydrogen) atoms. The fourth-order valence-corrected chi connectivity index (χ4v) is 5.06. The van der Waals surface area contributed by atoms with E-state index in [1.165, 1.54) is 17.0 Å². The van der Waals surface area contributed by atoms with Crippen molar-refractivity contribution >= 4 is 27.4 Å². The second-order valence-corrected chi connectivity index (χ2v) is 8.69. The summed E-state index contributed by atoms with van der Waals surface area (Å²) in [7, 11) is 1.68. The number of piperazine rings is 1. The van der Waals surface area contributed by atoms with Crippen molar-refractivity contribution in [1.29, 1.82) is 0 Å². The first-order chi connectivity index (χ1) is 15.2. The number of methoxy groups -OCH3 is 1. The Bertz CT molecular complexity index is 1170. The third-order valence-corrected chi connectivity index (χ3v) is 6.83. The van der Waals surface area contributed by atoms with Crippen molar-refractivity contribution in [1.82, 2.24) is 14.9 Å². The molecule has 0 saturated carbocycles. The number of halogens is 1. The van der Waals surface area contributed by atoms with Crippen LogP contribution >= 0.6 is 11.3 Å². The van der Waals surface area contributed by atoms with Crippen molar-refractivity contribution in [3.8, 4) is 16.2 Å². The van der Waals surface area contributed by atoms with Crippen LogP contribution in [0.3, 0.4) is 0 Å². The quantitative estimate of drug-likeness (QED) is 0.450. The van der Waals surface area contributed by atoms with Crippen molar-refractivity contribution in [3.05, 3.63) is 72.3 Å². The van der Waals surface area contributed by atoms with E-state index in [9.17, 15) is 4.39 Å². The lowest BCUT2D eigenvalue weighted by molar-refractivity contribution is 0.249. The molecule has 158 valence electrons. The van der Waals surface area contributed by atoms with Crippen LogP contribution < -0.4 is 9.64 Å². The highest BCUT2D eigenvalue weighted by atomic mass is 32.1. The van der Waals surface area contributed by atoms with Crippen LogP contribution in [-0.4, -0.2) is 48.2 Å². The van der Waals surface area contributed by atoms with E-state index in [0.717, 1.165) is 65.6 Å². The molecule has 0 atom stereocenters. The third kappa shape index (κ3) is 4.24. The molecule has 5 rings (SSSR count). The molecule has 4 aromatic rings. The van der Waals surface area contributed by atoms with E-state index in [0.29, 0.717) is 0 Å². The van der Waals surface area contributed by atoms with Gasteiger partial charge in [-0.05, 0) is 53.6 Å². The Hall–Kier alpha value is -3.03. The number of hydrogen-bond acceptors (Lipinski definition) is 6. The molecular weight excluding hydrogens is 411 g/mol. The van der Waals surface area contributed by atoms with Gasteiger partial charge < -0.3 is 9.64 Å². The summed E-state index contributed by atoms with van der Waals surface area (Å²) >= 11 is 1.73. The van der Waals surface area contributed by atoms with Gasteiger partial charge in [-0.15, -0.1) is 11.3 Å². The first-order valence-corrected chi connectivity index (χ1v) is 11.1. The molecule has 3 heterocycles. The van der Waals surface area contributed by atoms with Gasteiger partial charge in [0.15, 0.2) is 0 Å². The number of nitrogens with zero attached hydrogens (tertiary/aromatic N) is 4. The first kappa shape index (κ1) is 19.9. The summed E-state index contributed by atoms with van der Waals surface area (Å²) in [6.45, 7) is 4.54. The summed E-state index contributed by atoms with van der Waals surface area (Å²) in [5.41, 5.74) is 3.27. The monoisotopic (exact) mass is 434 g/mol. The molecule has 0 amide bonds. The number of aromatic nitrogens is 2. The minimum atomic E-state index is -0.189. The normalized spacial score (nSPS) is 14.8. The van der Waals surface area contributed by atoms with Gasteiger partial charge in [-0.2, -0.15) is 0 Å². The van der Waals surface area contributed by atoms with Crippen molar-refractivity contribution in [2.75, 3.05) is 38.2 Å². The number of fused-ring (bicyclic) bond motifs is 1. The Labute approximate surface area is 184 Å². The third-order valence-electron chi connectivity index (χ3n) is 5.66. The zero-order valence-electron chi connectivity index (χ0n) is 17.3. The van der Waals surface area contributed by atoms with Crippen LogP contribution in [0.1, 0.15) is 5.56 Å². The predicted octanol–water partition coefficient (Wildman–Crippen LogP) is 4.83. The topological polar surface area (TPSA) is 41.5 Å². The van der Waals surface area contributed by atoms with E-state index in [4.69, 9.17) is 4.74 Å². The molecular formula is C24H23FN4OS. The molecule has 0 unspecified atom stereocenters. The lowest BCUT2D eigenvalue weighted by Gasteiger charge is -2.35. The SMILES string of the molecule is COc1ccc(-c2cc3ncnc(N4CCN(Cc5ccc(F)cc5)CC4)c3s2)cc1. The summed E-state index contributed by atoms with van der Waals surface area (Å²) < 4.78 is 19.5. The Balaban J connectivity index is 1.32. The summed E-state index contributed by atoms with van der Waals surface area (Å²) in [5, 5.41) is 0.